The smallest absolute Gasteiger partial charge is 0.127 e. The average molecular weight is 287 g/mol. The molecule has 1 aliphatic heterocycles. The van der Waals surface area contributed by atoms with Crippen molar-refractivity contribution in [2.45, 2.75) is 32.4 Å². The van der Waals surface area contributed by atoms with E-state index >= 15 is 0 Å². The van der Waals surface area contributed by atoms with E-state index in [2.05, 4.69) is 36.1 Å². The van der Waals surface area contributed by atoms with E-state index in [1.54, 1.807) is 0 Å². The van der Waals surface area contributed by atoms with Gasteiger partial charge in [-0.1, -0.05) is 29.8 Å². The third-order valence-electron chi connectivity index (χ3n) is 4.17. The molecule has 0 N–H and O–H groups in total. The van der Waals surface area contributed by atoms with Gasteiger partial charge in [0, 0.05) is 18.2 Å². The minimum Gasteiger partial charge on any atom is -0.292 e. The van der Waals surface area contributed by atoms with E-state index < -0.39 is 0 Å². The topological polar surface area (TPSA) is 3.24 Å². The number of hydrogen-bond acceptors (Lipinski definition) is 1. The number of halogens is 2. The van der Waals surface area contributed by atoms with Crippen molar-refractivity contribution in [3.8, 4) is 0 Å². The summed E-state index contributed by atoms with van der Waals surface area (Å²) < 4.78 is 27.1. The van der Waals surface area contributed by atoms with Gasteiger partial charge in [-0.25, -0.2) is 8.78 Å². The van der Waals surface area contributed by atoms with Gasteiger partial charge in [0.1, 0.15) is 11.6 Å². The van der Waals surface area contributed by atoms with Gasteiger partial charge in [0.15, 0.2) is 0 Å². The maximum Gasteiger partial charge on any atom is 0.127 e. The van der Waals surface area contributed by atoms with Crippen molar-refractivity contribution in [2.24, 2.45) is 0 Å². The summed E-state index contributed by atoms with van der Waals surface area (Å²) in [6.07, 6.45) is 2.16. The van der Waals surface area contributed by atoms with E-state index in [9.17, 15) is 8.78 Å². The fourth-order valence-corrected chi connectivity index (χ4v) is 3.15. The standard InChI is InChI=1S/C18H19F2N/c1-13-4-2-5-14(10-13)18-6-3-9-21(18)12-15-11-16(19)7-8-17(15)20/h2,4-5,7-8,10-11,18H,3,6,9,12H2,1H3/t18-/m0/s1. The van der Waals surface area contributed by atoms with Crippen LogP contribution in [-0.4, -0.2) is 11.4 Å². The molecule has 1 aliphatic rings. The van der Waals surface area contributed by atoms with Gasteiger partial charge in [0.05, 0.1) is 0 Å². The van der Waals surface area contributed by atoms with Crippen LogP contribution in [0.4, 0.5) is 8.78 Å². The first-order chi connectivity index (χ1) is 10.1. The first-order valence-electron chi connectivity index (χ1n) is 7.38. The zero-order valence-electron chi connectivity index (χ0n) is 12.2. The Kier molecular flexibility index (Phi) is 4.02. The van der Waals surface area contributed by atoms with Crippen LogP contribution in [-0.2, 0) is 6.54 Å². The van der Waals surface area contributed by atoms with E-state index in [1.807, 2.05) is 0 Å². The normalized spacial score (nSPS) is 19.1. The van der Waals surface area contributed by atoms with E-state index in [-0.39, 0.29) is 11.6 Å². The third-order valence-corrected chi connectivity index (χ3v) is 4.17. The monoisotopic (exact) mass is 287 g/mol. The predicted octanol–water partition coefficient (Wildman–Crippen LogP) is 4.61. The fraction of sp³-hybridized carbons (Fsp3) is 0.333. The quantitative estimate of drug-likeness (QED) is 0.797. The van der Waals surface area contributed by atoms with Gasteiger partial charge in [0.2, 0.25) is 0 Å². The highest BCUT2D eigenvalue weighted by Crippen LogP contribution is 2.33. The summed E-state index contributed by atoms with van der Waals surface area (Å²) in [6.45, 7) is 3.46. The lowest BCUT2D eigenvalue weighted by molar-refractivity contribution is 0.244. The molecule has 0 amide bonds. The van der Waals surface area contributed by atoms with Gasteiger partial charge in [0.25, 0.3) is 0 Å². The minimum atomic E-state index is -0.377. The van der Waals surface area contributed by atoms with E-state index in [0.29, 0.717) is 18.2 Å². The molecule has 0 spiro atoms. The van der Waals surface area contributed by atoms with Gasteiger partial charge in [-0.2, -0.15) is 0 Å². The van der Waals surface area contributed by atoms with E-state index in [4.69, 9.17) is 0 Å². The molecule has 1 atom stereocenters. The summed E-state index contributed by atoms with van der Waals surface area (Å²) in [5, 5.41) is 0. The molecule has 0 aromatic heterocycles. The van der Waals surface area contributed by atoms with E-state index in [1.165, 1.54) is 29.3 Å². The molecule has 3 rings (SSSR count). The van der Waals surface area contributed by atoms with Gasteiger partial charge < -0.3 is 0 Å². The molecular weight excluding hydrogens is 268 g/mol. The van der Waals surface area contributed by atoms with Crippen LogP contribution in [0.5, 0.6) is 0 Å². The molecule has 0 aliphatic carbocycles. The second-order valence-electron chi connectivity index (χ2n) is 5.78. The number of hydrogen-bond donors (Lipinski definition) is 0. The summed E-state index contributed by atoms with van der Waals surface area (Å²) in [5.41, 5.74) is 2.94. The molecule has 3 heteroatoms. The SMILES string of the molecule is Cc1cccc([C@@H]2CCCN2Cc2cc(F)ccc2F)c1. The van der Waals surface area contributed by atoms with Gasteiger partial charge in [-0.05, 0) is 50.1 Å². The Morgan fingerprint density at radius 3 is 2.81 bits per heavy atom. The lowest BCUT2D eigenvalue weighted by atomic mass is 10.0. The third kappa shape index (κ3) is 3.13. The maximum atomic E-state index is 13.8. The molecule has 1 fully saturated rings. The Labute approximate surface area is 124 Å². The van der Waals surface area contributed by atoms with Crippen LogP contribution < -0.4 is 0 Å². The molecule has 0 saturated carbocycles. The molecule has 1 saturated heterocycles. The summed E-state index contributed by atoms with van der Waals surface area (Å²) in [5.74, 6) is -0.705. The van der Waals surface area contributed by atoms with E-state index in [0.717, 1.165) is 19.4 Å². The van der Waals surface area contributed by atoms with Crippen LogP contribution in [0.2, 0.25) is 0 Å². The molecule has 21 heavy (non-hydrogen) atoms. The predicted molar refractivity (Wildman–Crippen MR) is 79.9 cm³/mol. The van der Waals surface area contributed by atoms with Crippen LogP contribution in [0.25, 0.3) is 0 Å². The molecule has 1 nitrogen and oxygen atoms in total. The lowest BCUT2D eigenvalue weighted by Gasteiger charge is -2.25. The Bertz CT molecular complexity index is 639. The van der Waals surface area contributed by atoms with Gasteiger partial charge in [-0.15, -0.1) is 0 Å². The van der Waals surface area contributed by atoms with Crippen molar-refractivity contribution >= 4 is 0 Å². The Hall–Kier alpha value is -1.74. The summed E-state index contributed by atoms with van der Waals surface area (Å²) >= 11 is 0. The van der Waals surface area contributed by atoms with Crippen molar-refractivity contribution in [1.82, 2.24) is 4.90 Å². The summed E-state index contributed by atoms with van der Waals surface area (Å²) in [6, 6.07) is 12.4. The van der Waals surface area contributed by atoms with Gasteiger partial charge >= 0.3 is 0 Å². The van der Waals surface area contributed by atoms with Crippen molar-refractivity contribution in [3.63, 3.8) is 0 Å². The first-order valence-corrected chi connectivity index (χ1v) is 7.38. The Balaban J connectivity index is 1.83. The Morgan fingerprint density at radius 2 is 2.00 bits per heavy atom. The number of benzene rings is 2. The minimum absolute atomic E-state index is 0.299. The van der Waals surface area contributed by atoms with Crippen LogP contribution in [0.15, 0.2) is 42.5 Å². The van der Waals surface area contributed by atoms with Crippen molar-refractivity contribution in [3.05, 3.63) is 70.8 Å². The average Bonchev–Trinajstić information content (AvgIpc) is 2.91. The molecule has 0 radical (unpaired) electrons. The molecule has 2 aromatic rings. The zero-order chi connectivity index (χ0) is 14.8. The van der Waals surface area contributed by atoms with Crippen molar-refractivity contribution in [1.29, 1.82) is 0 Å². The second kappa shape index (κ2) is 5.94. The summed E-state index contributed by atoms with van der Waals surface area (Å²) in [7, 11) is 0. The van der Waals surface area contributed by atoms with Gasteiger partial charge in [-0.3, -0.25) is 4.90 Å². The molecular formula is C18H19F2N. The fourth-order valence-electron chi connectivity index (χ4n) is 3.15. The largest absolute Gasteiger partial charge is 0.292 e. The van der Waals surface area contributed by atoms with Crippen LogP contribution in [0.1, 0.15) is 35.6 Å². The highest BCUT2D eigenvalue weighted by atomic mass is 19.1. The van der Waals surface area contributed by atoms with Crippen molar-refractivity contribution < 1.29 is 8.78 Å². The highest BCUT2D eigenvalue weighted by molar-refractivity contribution is 5.26. The van der Waals surface area contributed by atoms with Crippen LogP contribution in [0, 0.1) is 18.6 Å². The highest BCUT2D eigenvalue weighted by Gasteiger charge is 2.26. The van der Waals surface area contributed by atoms with Crippen molar-refractivity contribution in [2.75, 3.05) is 6.54 Å². The zero-order valence-corrected chi connectivity index (χ0v) is 12.2. The molecule has 0 unspecified atom stereocenters. The van der Waals surface area contributed by atoms with Crippen LogP contribution >= 0.6 is 0 Å². The lowest BCUT2D eigenvalue weighted by Crippen LogP contribution is -2.23. The number of rotatable bonds is 3. The first kappa shape index (κ1) is 14.2. The number of aryl methyl sites for hydroxylation is 1. The molecule has 1 heterocycles. The van der Waals surface area contributed by atoms with Crippen LogP contribution in [0.3, 0.4) is 0 Å². The molecule has 0 bridgehead atoms. The Morgan fingerprint density at radius 1 is 1.14 bits per heavy atom. The molecule has 2 aromatic carbocycles. The second-order valence-corrected chi connectivity index (χ2v) is 5.78. The number of likely N-dealkylation sites (tertiary alicyclic amines) is 1. The number of nitrogens with zero attached hydrogens (tertiary/aromatic N) is 1. The molecule has 110 valence electrons. The maximum absolute atomic E-state index is 13.8. The summed E-state index contributed by atoms with van der Waals surface area (Å²) in [4.78, 5) is 2.24.